The van der Waals surface area contributed by atoms with Gasteiger partial charge in [0.25, 0.3) is 0 Å². The van der Waals surface area contributed by atoms with Gasteiger partial charge in [0.2, 0.25) is 11.8 Å². The van der Waals surface area contributed by atoms with Crippen LogP contribution in [0.15, 0.2) is 24.3 Å². The van der Waals surface area contributed by atoms with Gasteiger partial charge in [0.15, 0.2) is 0 Å². The van der Waals surface area contributed by atoms with E-state index in [9.17, 15) is 9.59 Å². The summed E-state index contributed by atoms with van der Waals surface area (Å²) in [5, 5.41) is 5.50. The van der Waals surface area contributed by atoms with E-state index in [-0.39, 0.29) is 24.2 Å². The van der Waals surface area contributed by atoms with Crippen LogP contribution in [-0.4, -0.2) is 18.4 Å². The van der Waals surface area contributed by atoms with E-state index in [0.29, 0.717) is 31.5 Å². The summed E-state index contributed by atoms with van der Waals surface area (Å²) in [5.41, 5.74) is 6.77. The molecule has 1 aromatic rings. The summed E-state index contributed by atoms with van der Waals surface area (Å²) in [7, 11) is 0. The van der Waals surface area contributed by atoms with E-state index in [1.165, 1.54) is 0 Å². The fraction of sp³-hybridized carbons (Fsp3) is 0.385. The van der Waals surface area contributed by atoms with Gasteiger partial charge < -0.3 is 16.4 Å². The highest BCUT2D eigenvalue weighted by atomic mass is 35.5. The highest BCUT2D eigenvalue weighted by Crippen LogP contribution is 2.14. The summed E-state index contributed by atoms with van der Waals surface area (Å²) < 4.78 is 0. The number of hydrogen-bond donors (Lipinski definition) is 3. The molecule has 0 unspecified atom stereocenters. The Hall–Kier alpha value is -1.59. The van der Waals surface area contributed by atoms with Gasteiger partial charge in [-0.2, -0.15) is 0 Å². The molecule has 0 aromatic heterocycles. The standard InChI is InChI=1S/C13H19N3O2.ClH/c1-2-12(17)15-10-5-7-11(8-6-10)16-13(18)4-3-9-14;/h5-8H,2-4,9,14H2,1H3,(H,15,17)(H,16,18);1H. The molecule has 1 aromatic carbocycles. The number of rotatable bonds is 6. The van der Waals surface area contributed by atoms with Crippen molar-refractivity contribution >= 4 is 35.6 Å². The van der Waals surface area contributed by atoms with E-state index in [0.717, 1.165) is 5.69 Å². The topological polar surface area (TPSA) is 84.2 Å². The highest BCUT2D eigenvalue weighted by Gasteiger charge is 2.02. The average molecular weight is 286 g/mol. The Bertz CT molecular complexity index is 407. The molecule has 19 heavy (non-hydrogen) atoms. The van der Waals surface area contributed by atoms with E-state index in [1.54, 1.807) is 31.2 Å². The summed E-state index contributed by atoms with van der Waals surface area (Å²) in [5.74, 6) is -0.0828. The van der Waals surface area contributed by atoms with Crippen molar-refractivity contribution in [2.45, 2.75) is 26.2 Å². The molecule has 0 saturated heterocycles. The van der Waals surface area contributed by atoms with Gasteiger partial charge in [-0.15, -0.1) is 12.4 Å². The summed E-state index contributed by atoms with van der Waals surface area (Å²) in [6.07, 6.45) is 1.54. The Labute approximate surface area is 119 Å². The quantitative estimate of drug-likeness (QED) is 0.748. The molecule has 4 N–H and O–H groups in total. The van der Waals surface area contributed by atoms with Crippen molar-refractivity contribution in [2.75, 3.05) is 17.2 Å². The van der Waals surface area contributed by atoms with Crippen LogP contribution in [0.1, 0.15) is 26.2 Å². The Morgan fingerprint density at radius 3 is 1.95 bits per heavy atom. The minimum Gasteiger partial charge on any atom is -0.330 e. The molecule has 0 spiro atoms. The first-order valence-electron chi connectivity index (χ1n) is 6.05. The fourth-order valence-electron chi connectivity index (χ4n) is 1.37. The molecule has 0 aliphatic carbocycles. The first-order chi connectivity index (χ1) is 8.65. The molecule has 6 heteroatoms. The minimum atomic E-state index is -0.0502. The predicted octanol–water partition coefficient (Wildman–Crippen LogP) is 2.13. The maximum Gasteiger partial charge on any atom is 0.224 e. The lowest BCUT2D eigenvalue weighted by Crippen LogP contribution is -2.13. The number of benzene rings is 1. The van der Waals surface area contributed by atoms with Crippen LogP contribution in [0.25, 0.3) is 0 Å². The SMILES string of the molecule is CCC(=O)Nc1ccc(NC(=O)CCCN)cc1.Cl. The van der Waals surface area contributed by atoms with Gasteiger partial charge in [0, 0.05) is 24.2 Å². The van der Waals surface area contributed by atoms with E-state index < -0.39 is 0 Å². The van der Waals surface area contributed by atoms with Crippen LogP contribution in [0.5, 0.6) is 0 Å². The van der Waals surface area contributed by atoms with Gasteiger partial charge in [0.05, 0.1) is 0 Å². The third kappa shape index (κ3) is 6.79. The summed E-state index contributed by atoms with van der Waals surface area (Å²) in [6, 6.07) is 7.02. The molecule has 2 amide bonds. The van der Waals surface area contributed by atoms with Crippen molar-refractivity contribution in [1.82, 2.24) is 0 Å². The zero-order valence-electron chi connectivity index (χ0n) is 10.9. The molecule has 0 bridgehead atoms. The van der Waals surface area contributed by atoms with Gasteiger partial charge in [-0.1, -0.05) is 6.92 Å². The predicted molar refractivity (Wildman–Crippen MR) is 79.5 cm³/mol. The van der Waals surface area contributed by atoms with E-state index >= 15 is 0 Å². The van der Waals surface area contributed by atoms with Gasteiger partial charge >= 0.3 is 0 Å². The molecule has 0 heterocycles. The van der Waals surface area contributed by atoms with Crippen LogP contribution in [0.2, 0.25) is 0 Å². The van der Waals surface area contributed by atoms with Gasteiger partial charge in [0.1, 0.15) is 0 Å². The molecular weight excluding hydrogens is 266 g/mol. The summed E-state index contributed by atoms with van der Waals surface area (Å²) in [4.78, 5) is 22.6. The lowest BCUT2D eigenvalue weighted by molar-refractivity contribution is -0.116. The largest absolute Gasteiger partial charge is 0.330 e. The number of hydrogen-bond acceptors (Lipinski definition) is 3. The second kappa shape index (κ2) is 9.35. The summed E-state index contributed by atoms with van der Waals surface area (Å²) in [6.45, 7) is 2.30. The normalized spacial score (nSPS) is 9.37. The first-order valence-corrected chi connectivity index (χ1v) is 6.05. The second-order valence-electron chi connectivity index (χ2n) is 3.92. The number of nitrogens with two attached hydrogens (primary N) is 1. The molecule has 0 aliphatic heterocycles. The summed E-state index contributed by atoms with van der Waals surface area (Å²) >= 11 is 0. The Morgan fingerprint density at radius 1 is 1.05 bits per heavy atom. The van der Waals surface area contributed by atoms with E-state index in [4.69, 9.17) is 5.73 Å². The molecule has 0 aliphatic rings. The van der Waals surface area contributed by atoms with Crippen LogP contribution < -0.4 is 16.4 Å². The number of halogens is 1. The van der Waals surface area contributed by atoms with E-state index in [2.05, 4.69) is 10.6 Å². The molecule has 0 fully saturated rings. The number of carbonyl (C=O) groups is 2. The van der Waals surface area contributed by atoms with Gasteiger partial charge in [-0.05, 0) is 37.2 Å². The van der Waals surface area contributed by atoms with Crippen LogP contribution in [-0.2, 0) is 9.59 Å². The number of anilines is 2. The van der Waals surface area contributed by atoms with Gasteiger partial charge in [-0.3, -0.25) is 9.59 Å². The molecule has 0 saturated carbocycles. The molecule has 0 atom stereocenters. The lowest BCUT2D eigenvalue weighted by Gasteiger charge is -2.07. The highest BCUT2D eigenvalue weighted by molar-refractivity contribution is 5.92. The number of amides is 2. The Morgan fingerprint density at radius 2 is 1.53 bits per heavy atom. The van der Waals surface area contributed by atoms with Gasteiger partial charge in [-0.25, -0.2) is 0 Å². The van der Waals surface area contributed by atoms with Crippen molar-refractivity contribution in [3.63, 3.8) is 0 Å². The van der Waals surface area contributed by atoms with Crippen molar-refractivity contribution < 1.29 is 9.59 Å². The molecule has 5 nitrogen and oxygen atoms in total. The fourth-order valence-corrected chi connectivity index (χ4v) is 1.37. The third-order valence-electron chi connectivity index (χ3n) is 2.38. The van der Waals surface area contributed by atoms with E-state index in [1.807, 2.05) is 0 Å². The zero-order chi connectivity index (χ0) is 13.4. The van der Waals surface area contributed by atoms with Crippen molar-refractivity contribution in [3.8, 4) is 0 Å². The minimum absolute atomic E-state index is 0. The third-order valence-corrected chi connectivity index (χ3v) is 2.38. The lowest BCUT2D eigenvalue weighted by atomic mass is 10.2. The Balaban J connectivity index is 0.00000324. The zero-order valence-corrected chi connectivity index (χ0v) is 11.8. The van der Waals surface area contributed by atoms with Crippen molar-refractivity contribution in [1.29, 1.82) is 0 Å². The van der Waals surface area contributed by atoms with Crippen LogP contribution in [0.4, 0.5) is 11.4 Å². The van der Waals surface area contributed by atoms with Crippen LogP contribution >= 0.6 is 12.4 Å². The van der Waals surface area contributed by atoms with Crippen molar-refractivity contribution in [3.05, 3.63) is 24.3 Å². The average Bonchev–Trinajstić information content (AvgIpc) is 2.38. The monoisotopic (exact) mass is 285 g/mol. The maximum atomic E-state index is 11.4. The second-order valence-corrected chi connectivity index (χ2v) is 3.92. The molecule has 1 rings (SSSR count). The Kier molecular flexibility index (Phi) is 8.57. The number of carbonyl (C=O) groups excluding carboxylic acids is 2. The smallest absolute Gasteiger partial charge is 0.224 e. The molecular formula is C13H20ClN3O2. The number of nitrogens with one attached hydrogen (secondary N) is 2. The van der Waals surface area contributed by atoms with Crippen LogP contribution in [0.3, 0.4) is 0 Å². The van der Waals surface area contributed by atoms with Crippen molar-refractivity contribution in [2.24, 2.45) is 5.73 Å². The molecule has 106 valence electrons. The maximum absolute atomic E-state index is 11.4. The molecule has 0 radical (unpaired) electrons. The first kappa shape index (κ1) is 17.4. The van der Waals surface area contributed by atoms with Crippen LogP contribution in [0, 0.1) is 0 Å².